The zero-order valence-corrected chi connectivity index (χ0v) is 14.3. The minimum absolute atomic E-state index is 0.212. The van der Waals surface area contributed by atoms with Gasteiger partial charge in [-0.3, -0.25) is 4.79 Å². The number of aliphatic hydroxyl groups is 4. The summed E-state index contributed by atoms with van der Waals surface area (Å²) in [6, 6.07) is 0. The van der Waals surface area contributed by atoms with Crippen LogP contribution in [-0.2, 0) is 9.53 Å². The highest BCUT2D eigenvalue weighted by molar-refractivity contribution is 5.79. The predicted molar refractivity (Wildman–Crippen MR) is 85.8 cm³/mol. The van der Waals surface area contributed by atoms with Gasteiger partial charge in [-0.2, -0.15) is 0 Å². The first-order chi connectivity index (χ1) is 10.8. The molecule has 5 atom stereocenters. The average Bonchev–Trinajstić information content (AvgIpc) is 2.50. The molecule has 23 heavy (non-hydrogen) atoms. The Kier molecular flexibility index (Phi) is 8.64. The molecule has 0 aromatic carbocycles. The lowest BCUT2D eigenvalue weighted by Crippen LogP contribution is -2.64. The first kappa shape index (κ1) is 20.5. The number of aliphatic hydroxyl groups excluding tert-OH is 3. The molecule has 0 unspecified atom stereocenters. The Balaban J connectivity index is 2.32. The highest BCUT2D eigenvalue weighted by atomic mass is 16.7. The first-order valence-corrected chi connectivity index (χ1v) is 8.78. The van der Waals surface area contributed by atoms with E-state index in [4.69, 9.17) is 4.74 Å². The van der Waals surface area contributed by atoms with E-state index >= 15 is 0 Å². The smallest absolute Gasteiger partial charge is 0.202 e. The van der Waals surface area contributed by atoms with Gasteiger partial charge >= 0.3 is 0 Å². The molecule has 0 aromatic heterocycles. The number of unbranched alkanes of at least 4 members (excludes halogenated alkanes) is 6. The van der Waals surface area contributed by atoms with Gasteiger partial charge in [0, 0.05) is 6.42 Å². The minimum atomic E-state index is -2.13. The Labute approximate surface area is 138 Å². The average molecular weight is 332 g/mol. The fourth-order valence-corrected chi connectivity index (χ4v) is 2.99. The van der Waals surface area contributed by atoms with Crippen LogP contribution < -0.4 is 0 Å². The van der Waals surface area contributed by atoms with Crippen LogP contribution >= 0.6 is 0 Å². The highest BCUT2D eigenvalue weighted by Gasteiger charge is 2.52. The maximum absolute atomic E-state index is 12.0. The van der Waals surface area contributed by atoms with Crippen molar-refractivity contribution in [3.63, 3.8) is 0 Å². The Morgan fingerprint density at radius 2 is 1.57 bits per heavy atom. The van der Waals surface area contributed by atoms with Gasteiger partial charge in [-0.1, -0.05) is 45.4 Å². The number of hydrogen-bond donors (Lipinski definition) is 4. The van der Waals surface area contributed by atoms with Crippen LogP contribution in [0.5, 0.6) is 0 Å². The van der Waals surface area contributed by atoms with Crippen molar-refractivity contribution in [2.24, 2.45) is 0 Å². The third-order valence-electron chi connectivity index (χ3n) is 4.52. The van der Waals surface area contributed by atoms with Gasteiger partial charge in [0.1, 0.15) is 24.1 Å². The summed E-state index contributed by atoms with van der Waals surface area (Å²) in [5.74, 6) is -2.34. The summed E-state index contributed by atoms with van der Waals surface area (Å²) in [7, 11) is 0. The molecule has 0 aliphatic carbocycles. The van der Waals surface area contributed by atoms with Gasteiger partial charge in [-0.15, -0.1) is 0 Å². The topological polar surface area (TPSA) is 107 Å². The van der Waals surface area contributed by atoms with Crippen LogP contribution in [-0.4, -0.2) is 56.4 Å². The van der Waals surface area contributed by atoms with Crippen molar-refractivity contribution in [1.82, 2.24) is 0 Å². The van der Waals surface area contributed by atoms with Crippen LogP contribution in [0.3, 0.4) is 0 Å². The summed E-state index contributed by atoms with van der Waals surface area (Å²) < 4.78 is 5.19. The van der Waals surface area contributed by atoms with Crippen LogP contribution in [0, 0.1) is 0 Å². The zero-order chi connectivity index (χ0) is 17.5. The Morgan fingerprint density at radius 3 is 2.17 bits per heavy atom. The van der Waals surface area contributed by atoms with Gasteiger partial charge in [0.2, 0.25) is 5.79 Å². The predicted octanol–water partition coefficient (Wildman–Crippen LogP) is 1.28. The lowest BCUT2D eigenvalue weighted by atomic mass is 9.89. The van der Waals surface area contributed by atoms with Gasteiger partial charge in [-0.25, -0.2) is 0 Å². The maximum Gasteiger partial charge on any atom is 0.202 e. The second-order valence-electron chi connectivity index (χ2n) is 6.68. The van der Waals surface area contributed by atoms with Crippen LogP contribution in [0.2, 0.25) is 0 Å². The van der Waals surface area contributed by atoms with Crippen LogP contribution in [0.15, 0.2) is 0 Å². The number of Topliss-reactive ketones (excluding diaryl/α,β-unsaturated/α-hetero) is 1. The van der Waals surface area contributed by atoms with Gasteiger partial charge in [0.05, 0.1) is 12.5 Å². The second kappa shape index (κ2) is 9.69. The lowest BCUT2D eigenvalue weighted by molar-refractivity contribution is -0.341. The number of ether oxygens (including phenoxy) is 1. The molecule has 1 rings (SSSR count). The number of carbonyl (C=O) groups is 1. The van der Waals surface area contributed by atoms with Crippen molar-refractivity contribution in [2.45, 2.75) is 102 Å². The summed E-state index contributed by atoms with van der Waals surface area (Å²) in [4.78, 5) is 12.0. The number of ketones is 1. The molecule has 1 fully saturated rings. The molecule has 1 aliphatic heterocycles. The fraction of sp³-hybridized carbons (Fsp3) is 0.941. The molecule has 0 bridgehead atoms. The van der Waals surface area contributed by atoms with Crippen LogP contribution in [0.1, 0.15) is 71.6 Å². The molecule has 1 aliphatic rings. The molecule has 0 amide bonds. The zero-order valence-electron chi connectivity index (χ0n) is 14.3. The first-order valence-electron chi connectivity index (χ1n) is 8.78. The lowest BCUT2D eigenvalue weighted by Gasteiger charge is -2.44. The molecule has 6 nitrogen and oxygen atoms in total. The van der Waals surface area contributed by atoms with Crippen molar-refractivity contribution in [3.8, 4) is 0 Å². The maximum atomic E-state index is 12.0. The van der Waals surface area contributed by atoms with Gasteiger partial charge in [0.15, 0.2) is 0 Å². The largest absolute Gasteiger partial charge is 0.388 e. The minimum Gasteiger partial charge on any atom is -0.388 e. The fourth-order valence-electron chi connectivity index (χ4n) is 2.99. The third-order valence-corrected chi connectivity index (χ3v) is 4.52. The SMILES string of the molecule is CCCCCCCCCC(=O)C[C@@]1(O)O[C@@H](C)[C@@H](O)[C@@H](O)[C@@H]1O. The van der Waals surface area contributed by atoms with E-state index in [0.717, 1.165) is 19.3 Å². The molecule has 1 heterocycles. The van der Waals surface area contributed by atoms with Crippen LogP contribution in [0.25, 0.3) is 0 Å². The van der Waals surface area contributed by atoms with Gasteiger partial charge in [0.25, 0.3) is 0 Å². The van der Waals surface area contributed by atoms with E-state index in [2.05, 4.69) is 6.92 Å². The van der Waals surface area contributed by atoms with Crippen molar-refractivity contribution >= 4 is 5.78 Å². The van der Waals surface area contributed by atoms with E-state index in [1.165, 1.54) is 32.6 Å². The Bertz CT molecular complexity index is 361. The molecule has 1 saturated heterocycles. The molecule has 6 heteroatoms. The quantitative estimate of drug-likeness (QED) is 0.449. The van der Waals surface area contributed by atoms with E-state index in [9.17, 15) is 25.2 Å². The molecule has 0 aromatic rings. The second-order valence-corrected chi connectivity index (χ2v) is 6.68. The van der Waals surface area contributed by atoms with Crippen molar-refractivity contribution in [3.05, 3.63) is 0 Å². The molecule has 0 saturated carbocycles. The number of hydrogen-bond acceptors (Lipinski definition) is 6. The normalized spacial score (nSPS) is 34.5. The monoisotopic (exact) mass is 332 g/mol. The van der Waals surface area contributed by atoms with E-state index in [0.29, 0.717) is 6.42 Å². The number of carbonyl (C=O) groups excluding carboxylic acids is 1. The molecular formula is C17H32O6. The molecule has 0 spiro atoms. The molecule has 136 valence electrons. The van der Waals surface area contributed by atoms with Crippen LogP contribution in [0.4, 0.5) is 0 Å². The summed E-state index contributed by atoms with van der Waals surface area (Å²) in [6.07, 6.45) is 2.22. The van der Waals surface area contributed by atoms with E-state index in [1.54, 1.807) is 0 Å². The highest BCUT2D eigenvalue weighted by Crippen LogP contribution is 2.31. The van der Waals surface area contributed by atoms with Gasteiger partial charge < -0.3 is 25.2 Å². The summed E-state index contributed by atoms with van der Waals surface area (Å²) in [6.45, 7) is 3.65. The summed E-state index contributed by atoms with van der Waals surface area (Å²) in [5.41, 5.74) is 0. The molecule has 0 radical (unpaired) electrons. The van der Waals surface area contributed by atoms with Gasteiger partial charge in [-0.05, 0) is 13.3 Å². The van der Waals surface area contributed by atoms with Crippen molar-refractivity contribution in [1.29, 1.82) is 0 Å². The van der Waals surface area contributed by atoms with E-state index < -0.39 is 30.2 Å². The molecule has 4 N–H and O–H groups in total. The Morgan fingerprint density at radius 1 is 1.00 bits per heavy atom. The summed E-state index contributed by atoms with van der Waals surface area (Å²) in [5, 5.41) is 39.5. The Hall–Kier alpha value is -0.530. The number of rotatable bonds is 10. The van der Waals surface area contributed by atoms with E-state index in [-0.39, 0.29) is 12.2 Å². The van der Waals surface area contributed by atoms with E-state index in [1.807, 2.05) is 0 Å². The summed E-state index contributed by atoms with van der Waals surface area (Å²) >= 11 is 0. The van der Waals surface area contributed by atoms with Crippen molar-refractivity contribution < 1.29 is 30.0 Å². The molecular weight excluding hydrogens is 300 g/mol. The standard InChI is InChI=1S/C17H32O6/c1-3-4-5-6-7-8-9-10-13(18)11-17(22)16(21)15(20)14(19)12(2)23-17/h12,14-16,19-22H,3-11H2,1-2H3/t12-,14+,15+,16-,17+/m0/s1. The third kappa shape index (κ3) is 6.12. The van der Waals surface area contributed by atoms with Crippen molar-refractivity contribution in [2.75, 3.05) is 0 Å².